The van der Waals surface area contributed by atoms with Crippen molar-refractivity contribution in [3.63, 3.8) is 0 Å². The second-order valence-electron chi connectivity index (χ2n) is 2.81. The molecule has 0 bridgehead atoms. The zero-order valence-corrected chi connectivity index (χ0v) is 7.25. The molecule has 0 aromatic rings. The average Bonchev–Trinajstić information content (AvgIpc) is 2.01. The quantitative estimate of drug-likeness (QED) is 0.573. The standard InChI is InChI=1S/C7H15N3O2/c1-12-7(11)10-4-6(5-10)9-3-2-8/h6,9H,2-5,8H2,1H3. The monoisotopic (exact) mass is 173 g/mol. The SMILES string of the molecule is COC(=O)N1CC(NCCN)C1. The van der Waals surface area contributed by atoms with Gasteiger partial charge in [-0.1, -0.05) is 0 Å². The molecule has 3 N–H and O–H groups in total. The molecule has 0 radical (unpaired) electrons. The van der Waals surface area contributed by atoms with Crippen LogP contribution in [0.4, 0.5) is 4.79 Å². The van der Waals surface area contributed by atoms with Crippen LogP contribution in [0, 0.1) is 0 Å². The Hall–Kier alpha value is -0.810. The van der Waals surface area contributed by atoms with Crippen molar-refractivity contribution in [2.24, 2.45) is 5.73 Å². The first-order chi connectivity index (χ1) is 5.77. The Morgan fingerprint density at radius 3 is 2.92 bits per heavy atom. The smallest absolute Gasteiger partial charge is 0.409 e. The number of nitrogens with two attached hydrogens (primary N) is 1. The maximum atomic E-state index is 10.9. The summed E-state index contributed by atoms with van der Waals surface area (Å²) >= 11 is 0. The van der Waals surface area contributed by atoms with Crippen LogP contribution < -0.4 is 11.1 Å². The largest absolute Gasteiger partial charge is 0.453 e. The van der Waals surface area contributed by atoms with Crippen LogP contribution in [0.15, 0.2) is 0 Å². The van der Waals surface area contributed by atoms with Gasteiger partial charge in [-0.3, -0.25) is 0 Å². The summed E-state index contributed by atoms with van der Waals surface area (Å²) in [5.74, 6) is 0. The summed E-state index contributed by atoms with van der Waals surface area (Å²) in [6.07, 6.45) is -0.249. The van der Waals surface area contributed by atoms with Crippen LogP contribution in [0.3, 0.4) is 0 Å². The molecule has 1 aliphatic rings. The van der Waals surface area contributed by atoms with Crippen molar-refractivity contribution in [1.82, 2.24) is 10.2 Å². The van der Waals surface area contributed by atoms with Gasteiger partial charge < -0.3 is 20.7 Å². The summed E-state index contributed by atoms with van der Waals surface area (Å²) in [4.78, 5) is 12.5. The minimum Gasteiger partial charge on any atom is -0.453 e. The van der Waals surface area contributed by atoms with Gasteiger partial charge in [-0.2, -0.15) is 0 Å². The third-order valence-electron chi connectivity index (χ3n) is 1.89. The molecule has 0 saturated carbocycles. The highest BCUT2D eigenvalue weighted by molar-refractivity contribution is 5.68. The zero-order chi connectivity index (χ0) is 8.97. The molecule has 0 atom stereocenters. The predicted octanol–water partition coefficient (Wildman–Crippen LogP) is -1.01. The molecule has 5 heteroatoms. The van der Waals surface area contributed by atoms with Crippen molar-refractivity contribution >= 4 is 6.09 Å². The van der Waals surface area contributed by atoms with Crippen molar-refractivity contribution in [3.05, 3.63) is 0 Å². The molecule has 1 aliphatic heterocycles. The molecule has 0 unspecified atom stereocenters. The Morgan fingerprint density at radius 1 is 1.75 bits per heavy atom. The molecule has 1 amide bonds. The van der Waals surface area contributed by atoms with Gasteiger partial charge in [-0.25, -0.2) is 4.79 Å². The Balaban J connectivity index is 2.07. The lowest BCUT2D eigenvalue weighted by Crippen LogP contribution is -2.60. The number of ether oxygens (including phenoxy) is 1. The van der Waals surface area contributed by atoms with E-state index in [4.69, 9.17) is 5.73 Å². The molecule has 1 heterocycles. The first-order valence-corrected chi connectivity index (χ1v) is 4.04. The number of carbonyl (C=O) groups is 1. The third kappa shape index (κ3) is 2.09. The summed E-state index contributed by atoms with van der Waals surface area (Å²) in [7, 11) is 1.39. The number of methoxy groups -OCH3 is 1. The fourth-order valence-electron chi connectivity index (χ4n) is 1.17. The van der Waals surface area contributed by atoms with E-state index >= 15 is 0 Å². The van der Waals surface area contributed by atoms with E-state index in [1.807, 2.05) is 0 Å². The van der Waals surface area contributed by atoms with Crippen molar-refractivity contribution < 1.29 is 9.53 Å². The minimum atomic E-state index is -0.249. The van der Waals surface area contributed by atoms with Crippen molar-refractivity contribution in [1.29, 1.82) is 0 Å². The molecule has 1 fully saturated rings. The number of rotatable bonds is 3. The number of nitrogens with one attached hydrogen (secondary N) is 1. The highest BCUT2D eigenvalue weighted by Gasteiger charge is 2.30. The number of likely N-dealkylation sites (tertiary alicyclic amines) is 1. The van der Waals surface area contributed by atoms with Gasteiger partial charge in [0.2, 0.25) is 0 Å². The van der Waals surface area contributed by atoms with E-state index in [-0.39, 0.29) is 6.09 Å². The second kappa shape index (κ2) is 4.27. The Bertz CT molecular complexity index is 157. The highest BCUT2D eigenvalue weighted by Crippen LogP contribution is 2.08. The predicted molar refractivity (Wildman–Crippen MR) is 44.8 cm³/mol. The lowest BCUT2D eigenvalue weighted by Gasteiger charge is -2.38. The van der Waals surface area contributed by atoms with Crippen molar-refractivity contribution in [2.75, 3.05) is 33.3 Å². The van der Waals surface area contributed by atoms with Crippen LogP contribution in [0.2, 0.25) is 0 Å². The van der Waals surface area contributed by atoms with Crippen LogP contribution >= 0.6 is 0 Å². The molecule has 1 rings (SSSR count). The topological polar surface area (TPSA) is 67.6 Å². The fraction of sp³-hybridized carbons (Fsp3) is 0.857. The van der Waals surface area contributed by atoms with Crippen LogP contribution in [0.25, 0.3) is 0 Å². The van der Waals surface area contributed by atoms with Gasteiger partial charge in [-0.15, -0.1) is 0 Å². The number of carbonyl (C=O) groups excluding carboxylic acids is 1. The van der Waals surface area contributed by atoms with Gasteiger partial charge >= 0.3 is 6.09 Å². The molecule has 0 aliphatic carbocycles. The normalized spacial score (nSPS) is 17.3. The highest BCUT2D eigenvalue weighted by atomic mass is 16.5. The molecule has 70 valence electrons. The van der Waals surface area contributed by atoms with E-state index in [1.165, 1.54) is 7.11 Å². The summed E-state index contributed by atoms with van der Waals surface area (Å²) in [5, 5.41) is 3.20. The fourth-order valence-corrected chi connectivity index (χ4v) is 1.17. The molecular weight excluding hydrogens is 158 g/mol. The first-order valence-electron chi connectivity index (χ1n) is 4.04. The zero-order valence-electron chi connectivity index (χ0n) is 7.25. The van der Waals surface area contributed by atoms with Gasteiger partial charge in [0, 0.05) is 32.2 Å². The van der Waals surface area contributed by atoms with Gasteiger partial charge in [0.05, 0.1) is 7.11 Å². The maximum Gasteiger partial charge on any atom is 0.409 e. The summed E-state index contributed by atoms with van der Waals surface area (Å²) in [6.45, 7) is 2.90. The molecule has 1 saturated heterocycles. The Kier molecular flexibility index (Phi) is 3.31. The maximum absolute atomic E-state index is 10.9. The number of nitrogens with zero attached hydrogens (tertiary/aromatic N) is 1. The van der Waals surface area contributed by atoms with Crippen LogP contribution in [-0.4, -0.2) is 50.3 Å². The van der Waals surface area contributed by atoms with Gasteiger partial charge in [0.25, 0.3) is 0 Å². The third-order valence-corrected chi connectivity index (χ3v) is 1.89. The minimum absolute atomic E-state index is 0.249. The van der Waals surface area contributed by atoms with Gasteiger partial charge in [0.15, 0.2) is 0 Å². The van der Waals surface area contributed by atoms with E-state index < -0.39 is 0 Å². The number of hydrogen-bond acceptors (Lipinski definition) is 4. The molecule has 0 spiro atoms. The molecule has 5 nitrogen and oxygen atoms in total. The lowest BCUT2D eigenvalue weighted by atomic mass is 10.1. The summed E-state index contributed by atoms with van der Waals surface area (Å²) in [6, 6.07) is 0.396. The van der Waals surface area contributed by atoms with Gasteiger partial charge in [-0.05, 0) is 0 Å². The van der Waals surface area contributed by atoms with Crippen LogP contribution in [0.5, 0.6) is 0 Å². The van der Waals surface area contributed by atoms with E-state index in [2.05, 4.69) is 10.1 Å². The lowest BCUT2D eigenvalue weighted by molar-refractivity contribution is 0.0807. The molecular formula is C7H15N3O2. The van der Waals surface area contributed by atoms with Gasteiger partial charge in [0.1, 0.15) is 0 Å². The van der Waals surface area contributed by atoms with Crippen LogP contribution in [-0.2, 0) is 4.74 Å². The Labute approximate surface area is 71.8 Å². The van der Waals surface area contributed by atoms with E-state index in [1.54, 1.807) is 4.90 Å². The molecule has 12 heavy (non-hydrogen) atoms. The molecule has 0 aromatic carbocycles. The van der Waals surface area contributed by atoms with E-state index in [0.717, 1.165) is 19.6 Å². The first kappa shape index (κ1) is 9.28. The number of amides is 1. The van der Waals surface area contributed by atoms with Crippen molar-refractivity contribution in [3.8, 4) is 0 Å². The summed E-state index contributed by atoms with van der Waals surface area (Å²) in [5.41, 5.74) is 5.31. The summed E-state index contributed by atoms with van der Waals surface area (Å²) < 4.78 is 4.54. The van der Waals surface area contributed by atoms with E-state index in [0.29, 0.717) is 12.6 Å². The number of hydrogen-bond donors (Lipinski definition) is 2. The Morgan fingerprint density at radius 2 is 2.42 bits per heavy atom. The van der Waals surface area contributed by atoms with E-state index in [9.17, 15) is 4.79 Å². The average molecular weight is 173 g/mol. The second-order valence-corrected chi connectivity index (χ2v) is 2.81. The van der Waals surface area contributed by atoms with Crippen molar-refractivity contribution in [2.45, 2.75) is 6.04 Å². The van der Waals surface area contributed by atoms with Crippen LogP contribution in [0.1, 0.15) is 0 Å². The molecule has 0 aromatic heterocycles.